The number of likely N-dealkylation sites (N-methyl/N-ethyl adjacent to an activating group) is 1. The van der Waals surface area contributed by atoms with Crippen molar-refractivity contribution in [2.75, 3.05) is 25.0 Å². The minimum atomic E-state index is -0.654. The second kappa shape index (κ2) is 7.36. The molecule has 2 aromatic rings. The van der Waals surface area contributed by atoms with Crippen molar-refractivity contribution in [2.24, 2.45) is 0 Å². The van der Waals surface area contributed by atoms with Crippen LogP contribution in [0, 0.1) is 5.82 Å². The molecule has 134 valence electrons. The number of nitrogens with zero attached hydrogens (tertiary/aromatic N) is 1. The number of anilines is 1. The van der Waals surface area contributed by atoms with E-state index in [-0.39, 0.29) is 16.6 Å². The van der Waals surface area contributed by atoms with Crippen LogP contribution in [0.15, 0.2) is 53.4 Å². The molecule has 0 bridgehead atoms. The van der Waals surface area contributed by atoms with E-state index in [0.717, 1.165) is 17.8 Å². The number of nitrogens with one attached hydrogen (secondary N) is 1. The Bertz CT molecular complexity index is 737. The summed E-state index contributed by atoms with van der Waals surface area (Å²) in [6.07, 6.45) is -0.654. The summed E-state index contributed by atoms with van der Waals surface area (Å²) in [7, 11) is 1.82. The third kappa shape index (κ3) is 4.00. The van der Waals surface area contributed by atoms with Gasteiger partial charge in [-0.3, -0.25) is 0 Å². The van der Waals surface area contributed by atoms with Crippen molar-refractivity contribution in [2.45, 2.75) is 35.6 Å². The molecule has 0 spiro atoms. The zero-order valence-corrected chi connectivity index (χ0v) is 15.7. The van der Waals surface area contributed by atoms with Gasteiger partial charge in [0.1, 0.15) is 5.82 Å². The van der Waals surface area contributed by atoms with E-state index in [2.05, 4.69) is 36.2 Å². The lowest BCUT2D eigenvalue weighted by Gasteiger charge is -2.45. The van der Waals surface area contributed by atoms with Gasteiger partial charge in [-0.2, -0.15) is 0 Å². The van der Waals surface area contributed by atoms with Gasteiger partial charge in [-0.15, -0.1) is 11.8 Å². The quantitative estimate of drug-likeness (QED) is 0.849. The minimum absolute atomic E-state index is 0.000703. The molecule has 0 saturated carbocycles. The highest BCUT2D eigenvalue weighted by Gasteiger charge is 2.37. The molecule has 2 atom stereocenters. The topological polar surface area (TPSA) is 35.5 Å². The Balaban J connectivity index is 2.09. The van der Waals surface area contributed by atoms with Crippen LogP contribution in [-0.2, 0) is 0 Å². The van der Waals surface area contributed by atoms with Gasteiger partial charge in [-0.1, -0.05) is 24.3 Å². The molecule has 0 fully saturated rings. The normalized spacial score (nSPS) is 18.5. The summed E-state index contributed by atoms with van der Waals surface area (Å²) in [5, 5.41) is 13.9. The van der Waals surface area contributed by atoms with Crippen LogP contribution >= 0.6 is 11.8 Å². The first-order valence-corrected chi connectivity index (χ1v) is 9.36. The maximum Gasteiger partial charge on any atom is 0.123 e. The maximum absolute atomic E-state index is 13.9. The number of fused-ring (bicyclic) bond motifs is 1. The number of benzene rings is 2. The predicted molar refractivity (Wildman–Crippen MR) is 103 cm³/mol. The van der Waals surface area contributed by atoms with Gasteiger partial charge in [0.05, 0.1) is 17.8 Å². The Labute approximate surface area is 153 Å². The summed E-state index contributed by atoms with van der Waals surface area (Å²) in [6, 6.07) is 14.5. The standard InChI is InChI=1S/C20H25FN2OS/c1-20(2)13-23(16-9-4-5-10-18(16)25-20)19(17(24)12-22-3)14-7-6-8-15(21)11-14/h4-11,17,19,22,24H,12-13H2,1-3H3/t17-,19+/m1/s1. The average molecular weight is 360 g/mol. The van der Waals surface area contributed by atoms with Crippen molar-refractivity contribution in [1.82, 2.24) is 5.32 Å². The van der Waals surface area contributed by atoms with Gasteiger partial charge in [0.25, 0.3) is 0 Å². The SMILES string of the molecule is CNC[C@@H](O)[C@H](c1cccc(F)c1)N1CC(C)(C)Sc2ccccc21. The van der Waals surface area contributed by atoms with Crippen LogP contribution in [-0.4, -0.2) is 36.1 Å². The Hall–Kier alpha value is -1.56. The molecule has 0 amide bonds. The number of para-hydroxylation sites is 1. The van der Waals surface area contributed by atoms with Gasteiger partial charge >= 0.3 is 0 Å². The Kier molecular flexibility index (Phi) is 5.37. The van der Waals surface area contributed by atoms with Gasteiger partial charge < -0.3 is 15.3 Å². The van der Waals surface area contributed by atoms with Crippen LogP contribution in [0.2, 0.25) is 0 Å². The first-order valence-electron chi connectivity index (χ1n) is 8.54. The first-order chi connectivity index (χ1) is 11.9. The van der Waals surface area contributed by atoms with Crippen molar-refractivity contribution in [3.8, 4) is 0 Å². The third-order valence-electron chi connectivity index (χ3n) is 4.42. The van der Waals surface area contributed by atoms with Gasteiger partial charge in [0, 0.05) is 22.7 Å². The number of hydrogen-bond acceptors (Lipinski definition) is 4. The summed E-state index contributed by atoms with van der Waals surface area (Å²) in [5.74, 6) is -0.280. The number of thioether (sulfide) groups is 1. The monoisotopic (exact) mass is 360 g/mol. The number of rotatable bonds is 5. The lowest BCUT2D eigenvalue weighted by atomic mass is 9.96. The van der Waals surface area contributed by atoms with Crippen molar-refractivity contribution >= 4 is 17.4 Å². The zero-order chi connectivity index (χ0) is 18.0. The fraction of sp³-hybridized carbons (Fsp3) is 0.400. The number of aliphatic hydroxyl groups excluding tert-OH is 1. The van der Waals surface area contributed by atoms with E-state index in [0.29, 0.717) is 6.54 Å². The van der Waals surface area contributed by atoms with Crippen molar-refractivity contribution in [3.63, 3.8) is 0 Å². The molecule has 5 heteroatoms. The summed E-state index contributed by atoms with van der Waals surface area (Å²) in [6.45, 7) is 5.62. The molecule has 0 saturated heterocycles. The Morgan fingerprint density at radius 2 is 2.00 bits per heavy atom. The van der Waals surface area contributed by atoms with E-state index in [4.69, 9.17) is 0 Å². The molecular weight excluding hydrogens is 335 g/mol. The average Bonchev–Trinajstić information content (AvgIpc) is 2.54. The second-order valence-electron chi connectivity index (χ2n) is 7.08. The van der Waals surface area contributed by atoms with Gasteiger partial charge in [0.15, 0.2) is 0 Å². The van der Waals surface area contributed by atoms with Crippen molar-refractivity contribution < 1.29 is 9.50 Å². The zero-order valence-electron chi connectivity index (χ0n) is 14.9. The first kappa shape index (κ1) is 18.2. The van der Waals surface area contributed by atoms with Gasteiger partial charge in [-0.25, -0.2) is 4.39 Å². The van der Waals surface area contributed by atoms with Gasteiger partial charge in [-0.05, 0) is 50.7 Å². The molecule has 3 rings (SSSR count). The van der Waals surface area contributed by atoms with E-state index in [1.807, 2.05) is 37.0 Å². The molecular formula is C20H25FN2OS. The maximum atomic E-state index is 13.9. The molecule has 25 heavy (non-hydrogen) atoms. The summed E-state index contributed by atoms with van der Waals surface area (Å²) in [5.41, 5.74) is 1.89. The van der Waals surface area contributed by atoms with Gasteiger partial charge in [0.2, 0.25) is 0 Å². The molecule has 1 heterocycles. The minimum Gasteiger partial charge on any atom is -0.389 e. The highest BCUT2D eigenvalue weighted by atomic mass is 32.2. The largest absolute Gasteiger partial charge is 0.389 e. The van der Waals surface area contributed by atoms with E-state index >= 15 is 0 Å². The fourth-order valence-corrected chi connectivity index (χ4v) is 4.71. The summed E-state index contributed by atoms with van der Waals surface area (Å²) < 4.78 is 13.9. The lowest BCUT2D eigenvalue weighted by Crippen LogP contribution is -2.48. The molecule has 0 aromatic heterocycles. The molecule has 2 aromatic carbocycles. The molecule has 2 N–H and O–H groups in total. The highest BCUT2D eigenvalue weighted by molar-refractivity contribution is 8.00. The van der Waals surface area contributed by atoms with Crippen LogP contribution in [0.25, 0.3) is 0 Å². The summed E-state index contributed by atoms with van der Waals surface area (Å²) in [4.78, 5) is 3.42. The number of aliphatic hydroxyl groups is 1. The molecule has 0 aliphatic carbocycles. The second-order valence-corrected chi connectivity index (χ2v) is 8.83. The van der Waals surface area contributed by atoms with Crippen LogP contribution < -0.4 is 10.2 Å². The number of halogens is 1. The van der Waals surface area contributed by atoms with Crippen molar-refractivity contribution in [3.05, 3.63) is 59.9 Å². The summed E-state index contributed by atoms with van der Waals surface area (Å²) >= 11 is 1.85. The lowest BCUT2D eigenvalue weighted by molar-refractivity contribution is 0.139. The fourth-order valence-electron chi connectivity index (χ4n) is 3.48. The van der Waals surface area contributed by atoms with E-state index in [9.17, 15) is 9.50 Å². The Morgan fingerprint density at radius 3 is 2.72 bits per heavy atom. The molecule has 0 unspecified atom stereocenters. The molecule has 1 aliphatic rings. The molecule has 1 aliphatic heterocycles. The van der Waals surface area contributed by atoms with E-state index in [1.54, 1.807) is 6.07 Å². The molecule has 3 nitrogen and oxygen atoms in total. The third-order valence-corrected chi connectivity index (χ3v) is 5.66. The highest BCUT2D eigenvalue weighted by Crippen LogP contribution is 2.47. The van der Waals surface area contributed by atoms with Crippen molar-refractivity contribution in [1.29, 1.82) is 0 Å². The smallest absolute Gasteiger partial charge is 0.123 e. The Morgan fingerprint density at radius 1 is 1.24 bits per heavy atom. The van der Waals surface area contributed by atoms with E-state index in [1.165, 1.54) is 17.0 Å². The van der Waals surface area contributed by atoms with Crippen LogP contribution in [0.5, 0.6) is 0 Å². The van der Waals surface area contributed by atoms with E-state index < -0.39 is 6.10 Å². The van der Waals surface area contributed by atoms with Crippen LogP contribution in [0.1, 0.15) is 25.5 Å². The molecule has 0 radical (unpaired) electrons. The van der Waals surface area contributed by atoms with Crippen LogP contribution in [0.4, 0.5) is 10.1 Å². The van der Waals surface area contributed by atoms with Crippen LogP contribution in [0.3, 0.4) is 0 Å². The number of hydrogen-bond donors (Lipinski definition) is 2. The predicted octanol–water partition coefficient (Wildman–Crippen LogP) is 3.84.